The summed E-state index contributed by atoms with van der Waals surface area (Å²) >= 11 is 8.67. The highest BCUT2D eigenvalue weighted by atomic mass is 79.9. The number of carbonyl (C=O) groups is 2. The Labute approximate surface area is 175 Å². The zero-order valence-electron chi connectivity index (χ0n) is 14.7. The second kappa shape index (κ2) is 7.86. The van der Waals surface area contributed by atoms with Crippen molar-refractivity contribution in [3.8, 4) is 0 Å². The molecular formula is C19H16BrN3O4S. The average Bonchev–Trinajstić information content (AvgIpc) is 3.07. The average molecular weight is 462 g/mol. The second-order valence-corrected chi connectivity index (χ2v) is 7.44. The molecule has 4 rings (SSSR count). The fourth-order valence-electron chi connectivity index (χ4n) is 3.04. The normalized spacial score (nSPS) is 19.3. The highest BCUT2D eigenvalue weighted by Gasteiger charge is 2.34. The molecule has 0 spiro atoms. The highest BCUT2D eigenvalue weighted by molar-refractivity contribution is 9.10. The predicted octanol–water partition coefficient (Wildman–Crippen LogP) is 2.71. The zero-order valence-corrected chi connectivity index (χ0v) is 17.1. The number of benzene rings is 1. The van der Waals surface area contributed by atoms with Gasteiger partial charge in [0, 0.05) is 19.2 Å². The lowest BCUT2D eigenvalue weighted by Crippen LogP contribution is -2.54. The molecule has 0 aliphatic carbocycles. The van der Waals surface area contributed by atoms with Crippen molar-refractivity contribution in [3.63, 3.8) is 0 Å². The first-order valence-electron chi connectivity index (χ1n) is 8.63. The molecule has 1 N–H and O–H groups in total. The van der Waals surface area contributed by atoms with Crippen molar-refractivity contribution in [2.45, 2.75) is 0 Å². The number of hydrogen-bond acceptors (Lipinski definition) is 6. The molecule has 2 aromatic rings. The van der Waals surface area contributed by atoms with E-state index in [0.717, 1.165) is 4.47 Å². The van der Waals surface area contributed by atoms with Gasteiger partial charge in [0.1, 0.15) is 11.3 Å². The molecule has 2 fully saturated rings. The first kappa shape index (κ1) is 18.9. The summed E-state index contributed by atoms with van der Waals surface area (Å²) in [5, 5.41) is 2.61. The van der Waals surface area contributed by atoms with Crippen LogP contribution in [0.3, 0.4) is 0 Å². The summed E-state index contributed by atoms with van der Waals surface area (Å²) < 4.78 is 12.0. The van der Waals surface area contributed by atoms with Gasteiger partial charge in [0.2, 0.25) is 5.88 Å². The summed E-state index contributed by atoms with van der Waals surface area (Å²) in [6, 6.07) is 10.7. The Kier molecular flexibility index (Phi) is 5.29. The molecule has 0 saturated carbocycles. The molecule has 0 unspecified atom stereocenters. The van der Waals surface area contributed by atoms with Gasteiger partial charge in [-0.05, 0) is 46.4 Å². The minimum Gasteiger partial charge on any atom is -0.440 e. The van der Waals surface area contributed by atoms with Crippen molar-refractivity contribution < 1.29 is 18.7 Å². The molecule has 3 heterocycles. The van der Waals surface area contributed by atoms with Crippen molar-refractivity contribution in [3.05, 3.63) is 52.2 Å². The van der Waals surface area contributed by atoms with Crippen LogP contribution in [0, 0.1) is 0 Å². The van der Waals surface area contributed by atoms with Crippen molar-refractivity contribution in [2.24, 2.45) is 0 Å². The Balaban J connectivity index is 1.65. The zero-order chi connectivity index (χ0) is 19.7. The van der Waals surface area contributed by atoms with Crippen molar-refractivity contribution >= 4 is 62.7 Å². The lowest BCUT2D eigenvalue weighted by molar-refractivity contribution is -0.122. The third-order valence-corrected chi connectivity index (χ3v) is 5.24. The number of nitrogens with one attached hydrogen (secondary N) is 1. The monoisotopic (exact) mass is 461 g/mol. The summed E-state index contributed by atoms with van der Waals surface area (Å²) in [6.45, 7) is 2.65. The standard InChI is InChI=1S/C19H16BrN3O4S/c20-15-11-13(27-18(15)22-6-8-26-9-7-22)10-14-16(24)21-19(28)23(17(14)25)12-4-2-1-3-5-12/h1-5,10-11H,6-9H2,(H,21,24,28). The molecule has 0 atom stereocenters. The van der Waals surface area contributed by atoms with Gasteiger partial charge < -0.3 is 14.1 Å². The number of furan rings is 1. The van der Waals surface area contributed by atoms with Crippen LogP contribution in [0.15, 0.2) is 50.9 Å². The predicted molar refractivity (Wildman–Crippen MR) is 112 cm³/mol. The van der Waals surface area contributed by atoms with Crippen LogP contribution in [0.2, 0.25) is 0 Å². The largest absolute Gasteiger partial charge is 0.440 e. The minimum absolute atomic E-state index is 0.0489. The van der Waals surface area contributed by atoms with Crippen molar-refractivity contribution in [1.82, 2.24) is 5.32 Å². The van der Waals surface area contributed by atoms with Gasteiger partial charge in [-0.15, -0.1) is 0 Å². The third-order valence-electron chi connectivity index (χ3n) is 4.39. The van der Waals surface area contributed by atoms with E-state index in [2.05, 4.69) is 21.2 Å². The molecule has 2 aliphatic heterocycles. The second-order valence-electron chi connectivity index (χ2n) is 6.19. The Hall–Kier alpha value is -2.49. The maximum Gasteiger partial charge on any atom is 0.270 e. The Morgan fingerprint density at radius 2 is 1.86 bits per heavy atom. The van der Waals surface area contributed by atoms with Crippen LogP contribution in [-0.2, 0) is 14.3 Å². The SMILES string of the molecule is O=C1NC(=S)N(c2ccccc2)C(=O)C1=Cc1cc(Br)c(N2CCOCC2)o1. The molecule has 28 heavy (non-hydrogen) atoms. The van der Waals surface area contributed by atoms with Gasteiger partial charge in [-0.1, -0.05) is 18.2 Å². The summed E-state index contributed by atoms with van der Waals surface area (Å²) in [7, 11) is 0. The van der Waals surface area contributed by atoms with Crippen LogP contribution in [0.1, 0.15) is 5.76 Å². The molecule has 1 aromatic carbocycles. The van der Waals surface area contributed by atoms with Gasteiger partial charge in [-0.3, -0.25) is 19.8 Å². The fraction of sp³-hybridized carbons (Fsp3) is 0.211. The molecule has 2 saturated heterocycles. The van der Waals surface area contributed by atoms with Crippen LogP contribution in [0.5, 0.6) is 0 Å². The third kappa shape index (κ3) is 3.60. The smallest absolute Gasteiger partial charge is 0.270 e. The van der Waals surface area contributed by atoms with E-state index in [1.165, 1.54) is 11.0 Å². The number of para-hydroxylation sites is 1. The quantitative estimate of drug-likeness (QED) is 0.430. The first-order valence-corrected chi connectivity index (χ1v) is 9.83. The van der Waals surface area contributed by atoms with Gasteiger partial charge in [0.25, 0.3) is 11.8 Å². The number of morpholine rings is 1. The van der Waals surface area contributed by atoms with E-state index in [9.17, 15) is 9.59 Å². The fourth-order valence-corrected chi connectivity index (χ4v) is 3.88. The van der Waals surface area contributed by atoms with Gasteiger partial charge in [-0.25, -0.2) is 0 Å². The van der Waals surface area contributed by atoms with Crippen LogP contribution in [0.25, 0.3) is 6.08 Å². The van der Waals surface area contributed by atoms with E-state index < -0.39 is 11.8 Å². The van der Waals surface area contributed by atoms with E-state index in [4.69, 9.17) is 21.4 Å². The van der Waals surface area contributed by atoms with E-state index in [1.54, 1.807) is 30.3 Å². The molecule has 2 aliphatic rings. The van der Waals surface area contributed by atoms with E-state index in [0.29, 0.717) is 43.6 Å². The summed E-state index contributed by atoms with van der Waals surface area (Å²) in [5.74, 6) is -0.00929. The molecule has 2 amide bonds. The summed E-state index contributed by atoms with van der Waals surface area (Å²) in [5.41, 5.74) is 0.533. The number of amides is 2. The minimum atomic E-state index is -0.553. The number of halogens is 1. The van der Waals surface area contributed by atoms with Crippen LogP contribution < -0.4 is 15.1 Å². The lowest BCUT2D eigenvalue weighted by Gasteiger charge is -2.28. The van der Waals surface area contributed by atoms with Gasteiger partial charge in [0.05, 0.1) is 23.4 Å². The highest BCUT2D eigenvalue weighted by Crippen LogP contribution is 2.32. The Morgan fingerprint density at radius 1 is 1.14 bits per heavy atom. The molecule has 7 nitrogen and oxygen atoms in total. The molecule has 1 aromatic heterocycles. The van der Waals surface area contributed by atoms with Gasteiger partial charge in [0.15, 0.2) is 5.11 Å². The maximum atomic E-state index is 13.0. The first-order chi connectivity index (χ1) is 13.5. The molecule has 0 radical (unpaired) electrons. The number of carbonyl (C=O) groups excluding carboxylic acids is 2. The number of anilines is 2. The van der Waals surface area contributed by atoms with Crippen LogP contribution in [-0.4, -0.2) is 43.2 Å². The van der Waals surface area contributed by atoms with E-state index in [1.807, 2.05) is 11.0 Å². The van der Waals surface area contributed by atoms with E-state index >= 15 is 0 Å². The van der Waals surface area contributed by atoms with Crippen LogP contribution in [0.4, 0.5) is 11.6 Å². The number of rotatable bonds is 3. The Bertz CT molecular complexity index is 967. The molecule has 9 heteroatoms. The lowest BCUT2D eigenvalue weighted by atomic mass is 10.1. The van der Waals surface area contributed by atoms with Crippen molar-refractivity contribution in [2.75, 3.05) is 36.1 Å². The molecule has 0 bridgehead atoms. The van der Waals surface area contributed by atoms with Gasteiger partial charge in [-0.2, -0.15) is 0 Å². The topological polar surface area (TPSA) is 75.0 Å². The van der Waals surface area contributed by atoms with E-state index in [-0.39, 0.29) is 10.7 Å². The number of ether oxygens (including phenoxy) is 1. The van der Waals surface area contributed by atoms with Gasteiger partial charge >= 0.3 is 0 Å². The summed E-state index contributed by atoms with van der Waals surface area (Å²) in [4.78, 5) is 28.7. The molecule has 144 valence electrons. The van der Waals surface area contributed by atoms with Crippen molar-refractivity contribution in [1.29, 1.82) is 0 Å². The van der Waals surface area contributed by atoms with Crippen LogP contribution >= 0.6 is 28.1 Å². The number of hydrogen-bond donors (Lipinski definition) is 1. The molecular weight excluding hydrogens is 446 g/mol. The Morgan fingerprint density at radius 3 is 2.57 bits per heavy atom. The number of nitrogens with zero attached hydrogens (tertiary/aromatic N) is 2. The number of thiocarbonyl (C=S) groups is 1. The summed E-state index contributed by atoms with van der Waals surface area (Å²) in [6.07, 6.45) is 1.43. The maximum absolute atomic E-state index is 13.0.